The predicted octanol–water partition coefficient (Wildman–Crippen LogP) is 4.63. The van der Waals surface area contributed by atoms with Gasteiger partial charge >= 0.3 is 0 Å². The molecule has 0 radical (unpaired) electrons. The van der Waals surface area contributed by atoms with Crippen LogP contribution in [0.2, 0.25) is 5.02 Å². The molecule has 0 bridgehead atoms. The highest BCUT2D eigenvalue weighted by molar-refractivity contribution is 6.31. The second kappa shape index (κ2) is 8.00. The molecule has 1 saturated carbocycles. The molecule has 0 spiro atoms. The van der Waals surface area contributed by atoms with Crippen molar-refractivity contribution in [2.45, 2.75) is 38.6 Å². The molecule has 0 N–H and O–H groups in total. The first-order valence-electron chi connectivity index (χ1n) is 9.84. The van der Waals surface area contributed by atoms with Gasteiger partial charge in [0.1, 0.15) is 5.82 Å². The molecule has 1 aromatic heterocycles. The van der Waals surface area contributed by atoms with Crippen LogP contribution in [0, 0.1) is 6.92 Å². The number of rotatable bonds is 4. The Labute approximate surface area is 179 Å². The van der Waals surface area contributed by atoms with E-state index >= 15 is 0 Å². The van der Waals surface area contributed by atoms with E-state index in [0.29, 0.717) is 45.7 Å². The van der Waals surface area contributed by atoms with Gasteiger partial charge < -0.3 is 0 Å². The lowest BCUT2D eigenvalue weighted by molar-refractivity contribution is -0.122. The van der Waals surface area contributed by atoms with Crippen molar-refractivity contribution in [3.63, 3.8) is 0 Å². The average Bonchev–Trinajstić information content (AvgIpc) is 2.69. The largest absolute Gasteiger partial charge is 0.297 e. The number of ketones is 2. The zero-order chi connectivity index (χ0) is 21.4. The standard InChI is InChI=1S/C24H21ClN2O3/c1-14-9-10-20(22(29)11-14)27-15(2)26-19-8-4-6-17(23(19)24(27)30)13-21(28)16-5-3-7-18(25)12-16/h3-8,12,20H,1,9-11,13H2,2H3. The van der Waals surface area contributed by atoms with E-state index < -0.39 is 6.04 Å². The third-order valence-corrected chi connectivity index (χ3v) is 5.80. The van der Waals surface area contributed by atoms with Gasteiger partial charge in [-0.25, -0.2) is 4.98 Å². The summed E-state index contributed by atoms with van der Waals surface area (Å²) < 4.78 is 1.49. The van der Waals surface area contributed by atoms with Crippen LogP contribution in [0.25, 0.3) is 10.9 Å². The molecule has 6 heteroatoms. The Morgan fingerprint density at radius 2 is 2.00 bits per heavy atom. The summed E-state index contributed by atoms with van der Waals surface area (Å²) in [6.07, 6.45) is 1.57. The maximum absolute atomic E-state index is 13.5. The molecule has 5 nitrogen and oxygen atoms in total. The highest BCUT2D eigenvalue weighted by Crippen LogP contribution is 2.28. The number of nitrogens with zero attached hydrogens (tertiary/aromatic N) is 2. The quantitative estimate of drug-likeness (QED) is 0.455. The third kappa shape index (κ3) is 3.73. The maximum Gasteiger partial charge on any atom is 0.262 e. The minimum atomic E-state index is -0.545. The minimum Gasteiger partial charge on any atom is -0.297 e. The van der Waals surface area contributed by atoms with Crippen molar-refractivity contribution in [2.24, 2.45) is 0 Å². The van der Waals surface area contributed by atoms with Crippen molar-refractivity contribution in [3.05, 3.63) is 86.9 Å². The van der Waals surface area contributed by atoms with Crippen LogP contribution in [0.5, 0.6) is 0 Å². The number of benzene rings is 2. The predicted molar refractivity (Wildman–Crippen MR) is 117 cm³/mol. The average molecular weight is 421 g/mol. The lowest BCUT2D eigenvalue weighted by Gasteiger charge is -2.26. The molecule has 30 heavy (non-hydrogen) atoms. The van der Waals surface area contributed by atoms with Gasteiger partial charge in [0, 0.05) is 23.4 Å². The highest BCUT2D eigenvalue weighted by atomic mass is 35.5. The molecule has 1 unspecified atom stereocenters. The zero-order valence-corrected chi connectivity index (χ0v) is 17.4. The first-order chi connectivity index (χ1) is 14.3. The van der Waals surface area contributed by atoms with Crippen LogP contribution in [0.15, 0.2) is 59.4 Å². The van der Waals surface area contributed by atoms with Crippen molar-refractivity contribution < 1.29 is 9.59 Å². The van der Waals surface area contributed by atoms with Gasteiger partial charge in [0.15, 0.2) is 11.6 Å². The van der Waals surface area contributed by atoms with E-state index in [1.165, 1.54) is 4.57 Å². The fourth-order valence-electron chi connectivity index (χ4n) is 4.10. The van der Waals surface area contributed by atoms with Gasteiger partial charge in [0.2, 0.25) is 0 Å². The topological polar surface area (TPSA) is 69.0 Å². The number of halogens is 1. The molecule has 1 fully saturated rings. The van der Waals surface area contributed by atoms with Gasteiger partial charge in [-0.1, -0.05) is 48.0 Å². The summed E-state index contributed by atoms with van der Waals surface area (Å²) in [5.41, 5.74) is 2.22. The molecule has 1 heterocycles. The van der Waals surface area contributed by atoms with Gasteiger partial charge in [0.05, 0.1) is 16.9 Å². The minimum absolute atomic E-state index is 0.0231. The van der Waals surface area contributed by atoms with E-state index in [2.05, 4.69) is 11.6 Å². The highest BCUT2D eigenvalue weighted by Gasteiger charge is 2.29. The van der Waals surface area contributed by atoms with Crippen LogP contribution in [-0.2, 0) is 11.2 Å². The first-order valence-corrected chi connectivity index (χ1v) is 10.2. The van der Waals surface area contributed by atoms with Gasteiger partial charge in [-0.15, -0.1) is 0 Å². The number of Topliss-reactive ketones (excluding diaryl/α,β-unsaturated/α-hetero) is 2. The molecular formula is C24H21ClN2O3. The van der Waals surface area contributed by atoms with Crippen LogP contribution in [0.4, 0.5) is 0 Å². The molecule has 1 aliphatic carbocycles. The van der Waals surface area contributed by atoms with Crippen molar-refractivity contribution >= 4 is 34.1 Å². The van der Waals surface area contributed by atoms with Gasteiger partial charge in [0.25, 0.3) is 5.56 Å². The Morgan fingerprint density at radius 3 is 2.73 bits per heavy atom. The molecular weight excluding hydrogens is 400 g/mol. The first kappa shape index (κ1) is 20.2. The monoisotopic (exact) mass is 420 g/mol. The number of aryl methyl sites for hydroxylation is 1. The van der Waals surface area contributed by atoms with Crippen molar-refractivity contribution in [2.75, 3.05) is 0 Å². The molecule has 1 aliphatic rings. The van der Waals surface area contributed by atoms with Gasteiger partial charge in [-0.05, 0) is 43.5 Å². The molecule has 4 rings (SSSR count). The van der Waals surface area contributed by atoms with Gasteiger partial charge in [-0.2, -0.15) is 0 Å². The molecule has 0 aliphatic heterocycles. The molecule has 0 saturated heterocycles. The molecule has 0 amide bonds. The zero-order valence-electron chi connectivity index (χ0n) is 16.7. The fraction of sp³-hybridized carbons (Fsp3) is 0.250. The van der Waals surface area contributed by atoms with E-state index in [0.717, 1.165) is 5.57 Å². The van der Waals surface area contributed by atoms with Crippen LogP contribution >= 0.6 is 11.6 Å². The Kier molecular flexibility index (Phi) is 5.39. The van der Waals surface area contributed by atoms with E-state index in [1.807, 2.05) is 0 Å². The summed E-state index contributed by atoms with van der Waals surface area (Å²) in [4.78, 5) is 43.5. The Morgan fingerprint density at radius 1 is 1.23 bits per heavy atom. The van der Waals surface area contributed by atoms with E-state index in [4.69, 9.17) is 11.6 Å². The summed E-state index contributed by atoms with van der Waals surface area (Å²) in [5.74, 6) is 0.336. The second-order valence-electron chi connectivity index (χ2n) is 7.70. The Bertz CT molecular complexity index is 1260. The van der Waals surface area contributed by atoms with Crippen molar-refractivity contribution in [3.8, 4) is 0 Å². The number of carbonyl (C=O) groups is 2. The summed E-state index contributed by atoms with van der Waals surface area (Å²) in [6, 6.07) is 11.5. The number of hydrogen-bond acceptors (Lipinski definition) is 4. The smallest absolute Gasteiger partial charge is 0.262 e. The SMILES string of the molecule is C=C1CCC(n2c(C)nc3cccc(CC(=O)c4cccc(Cl)c4)c3c2=O)C(=O)C1. The number of carbonyl (C=O) groups excluding carboxylic acids is 2. The van der Waals surface area contributed by atoms with Crippen molar-refractivity contribution in [1.29, 1.82) is 0 Å². The van der Waals surface area contributed by atoms with E-state index in [9.17, 15) is 14.4 Å². The number of aromatic nitrogens is 2. The number of allylic oxidation sites excluding steroid dienone is 1. The van der Waals surface area contributed by atoms with E-state index in [-0.39, 0.29) is 30.0 Å². The fourth-order valence-corrected chi connectivity index (χ4v) is 4.29. The molecule has 1 atom stereocenters. The Hall–Kier alpha value is -3.05. The lowest BCUT2D eigenvalue weighted by Crippen LogP contribution is -2.35. The molecule has 3 aromatic rings. The van der Waals surface area contributed by atoms with Gasteiger partial charge in [-0.3, -0.25) is 19.0 Å². The summed E-state index contributed by atoms with van der Waals surface area (Å²) in [7, 11) is 0. The number of fused-ring (bicyclic) bond motifs is 1. The van der Waals surface area contributed by atoms with Crippen LogP contribution < -0.4 is 5.56 Å². The number of hydrogen-bond donors (Lipinski definition) is 0. The Balaban J connectivity index is 1.80. The summed E-state index contributed by atoms with van der Waals surface area (Å²) >= 11 is 6.01. The molecule has 2 aromatic carbocycles. The van der Waals surface area contributed by atoms with Crippen LogP contribution in [0.1, 0.15) is 47.1 Å². The maximum atomic E-state index is 13.5. The second-order valence-corrected chi connectivity index (χ2v) is 8.14. The third-order valence-electron chi connectivity index (χ3n) is 5.57. The van der Waals surface area contributed by atoms with Crippen molar-refractivity contribution in [1.82, 2.24) is 9.55 Å². The normalized spacial score (nSPS) is 16.8. The lowest BCUT2D eigenvalue weighted by atomic mass is 9.90. The molecule has 152 valence electrons. The summed E-state index contributed by atoms with van der Waals surface area (Å²) in [5, 5.41) is 0.867. The van der Waals surface area contributed by atoms with Crippen LogP contribution in [0.3, 0.4) is 0 Å². The summed E-state index contributed by atoms with van der Waals surface area (Å²) in [6.45, 7) is 5.64. The van der Waals surface area contributed by atoms with Crippen LogP contribution in [-0.4, -0.2) is 21.1 Å². The van der Waals surface area contributed by atoms with E-state index in [1.54, 1.807) is 49.4 Å².